The van der Waals surface area contributed by atoms with Gasteiger partial charge >= 0.3 is 11.9 Å². The highest BCUT2D eigenvalue weighted by atomic mass is 79.9. The Bertz CT molecular complexity index is 539. The van der Waals surface area contributed by atoms with E-state index < -0.39 is 23.5 Å². The normalized spacial score (nSPS) is 11.4. The van der Waals surface area contributed by atoms with Gasteiger partial charge in [-0.15, -0.1) is 0 Å². The van der Waals surface area contributed by atoms with Crippen molar-refractivity contribution < 1.29 is 24.2 Å². The molecule has 1 rings (SSSR count). The van der Waals surface area contributed by atoms with Gasteiger partial charge in [0.1, 0.15) is 0 Å². The SMILES string of the molecule is CCOC(=O)/C(NC(=O)c1ccc(Br)cc1)=C(\O)OCC. The van der Waals surface area contributed by atoms with Gasteiger partial charge in [0.25, 0.3) is 5.91 Å². The highest BCUT2D eigenvalue weighted by Gasteiger charge is 2.21. The van der Waals surface area contributed by atoms with Gasteiger partial charge in [-0.05, 0) is 38.1 Å². The van der Waals surface area contributed by atoms with E-state index in [4.69, 9.17) is 9.47 Å². The van der Waals surface area contributed by atoms with Crippen molar-refractivity contribution in [2.24, 2.45) is 0 Å². The molecule has 0 spiro atoms. The fourth-order valence-electron chi connectivity index (χ4n) is 1.39. The number of nitrogens with one attached hydrogen (secondary N) is 1. The maximum absolute atomic E-state index is 12.0. The van der Waals surface area contributed by atoms with Gasteiger partial charge in [0.15, 0.2) is 0 Å². The highest BCUT2D eigenvalue weighted by molar-refractivity contribution is 9.10. The second kappa shape index (κ2) is 8.31. The molecule has 0 atom stereocenters. The van der Waals surface area contributed by atoms with Crippen LogP contribution >= 0.6 is 15.9 Å². The van der Waals surface area contributed by atoms with Gasteiger partial charge < -0.3 is 19.9 Å². The summed E-state index contributed by atoms with van der Waals surface area (Å²) >= 11 is 3.26. The van der Waals surface area contributed by atoms with E-state index in [1.54, 1.807) is 38.1 Å². The minimum Gasteiger partial charge on any atom is -0.479 e. The zero-order valence-corrected chi connectivity index (χ0v) is 13.3. The molecule has 0 aromatic heterocycles. The van der Waals surface area contributed by atoms with Crippen molar-refractivity contribution in [3.05, 3.63) is 45.9 Å². The van der Waals surface area contributed by atoms with Crippen LogP contribution in [0.1, 0.15) is 24.2 Å². The summed E-state index contributed by atoms with van der Waals surface area (Å²) < 4.78 is 10.4. The number of amides is 1. The predicted molar refractivity (Wildman–Crippen MR) is 79.5 cm³/mol. The minimum absolute atomic E-state index is 0.107. The first-order chi connectivity index (χ1) is 9.99. The Balaban J connectivity index is 2.95. The quantitative estimate of drug-likeness (QED) is 0.464. The first kappa shape index (κ1) is 17.0. The molecular formula is C14H16BrNO5. The smallest absolute Gasteiger partial charge is 0.362 e. The lowest BCUT2D eigenvalue weighted by molar-refractivity contribution is -0.139. The Labute approximate surface area is 130 Å². The van der Waals surface area contributed by atoms with Crippen molar-refractivity contribution >= 4 is 27.8 Å². The Kier molecular flexibility index (Phi) is 6.74. The minimum atomic E-state index is -0.867. The molecule has 0 unspecified atom stereocenters. The number of hydrogen-bond donors (Lipinski definition) is 2. The molecule has 2 N–H and O–H groups in total. The molecule has 0 radical (unpaired) electrons. The van der Waals surface area contributed by atoms with E-state index in [9.17, 15) is 14.7 Å². The zero-order valence-electron chi connectivity index (χ0n) is 11.7. The summed E-state index contributed by atoms with van der Waals surface area (Å²) in [6.07, 6.45) is 0. The number of hydrogen-bond acceptors (Lipinski definition) is 5. The van der Waals surface area contributed by atoms with Crippen LogP contribution in [0.5, 0.6) is 0 Å². The van der Waals surface area contributed by atoms with Crippen LogP contribution in [0, 0.1) is 0 Å². The van der Waals surface area contributed by atoms with Crippen molar-refractivity contribution in [1.82, 2.24) is 5.32 Å². The molecule has 0 aliphatic carbocycles. The van der Waals surface area contributed by atoms with Gasteiger partial charge in [-0.2, -0.15) is 0 Å². The summed E-state index contributed by atoms with van der Waals surface area (Å²) in [6.45, 7) is 3.50. The molecule has 1 aromatic carbocycles. The first-order valence-electron chi connectivity index (χ1n) is 6.29. The van der Waals surface area contributed by atoms with Crippen LogP contribution in [0.3, 0.4) is 0 Å². The number of carbonyl (C=O) groups excluding carboxylic acids is 2. The van der Waals surface area contributed by atoms with Crippen LogP contribution in [-0.2, 0) is 14.3 Å². The summed E-state index contributed by atoms with van der Waals surface area (Å²) in [5, 5.41) is 12.0. The van der Waals surface area contributed by atoms with Crippen molar-refractivity contribution in [1.29, 1.82) is 0 Å². The molecule has 0 saturated heterocycles. The zero-order chi connectivity index (χ0) is 15.8. The monoisotopic (exact) mass is 357 g/mol. The number of benzene rings is 1. The molecule has 1 aromatic rings. The van der Waals surface area contributed by atoms with E-state index in [0.717, 1.165) is 4.47 Å². The van der Waals surface area contributed by atoms with Crippen LogP contribution in [-0.4, -0.2) is 30.2 Å². The molecule has 114 valence electrons. The first-order valence-corrected chi connectivity index (χ1v) is 7.09. The molecule has 1 amide bonds. The molecular weight excluding hydrogens is 342 g/mol. The van der Waals surface area contributed by atoms with Crippen LogP contribution in [0.25, 0.3) is 0 Å². The summed E-state index contributed by atoms with van der Waals surface area (Å²) in [6, 6.07) is 6.51. The molecule has 0 heterocycles. The van der Waals surface area contributed by atoms with Gasteiger partial charge in [-0.3, -0.25) is 4.79 Å². The van der Waals surface area contributed by atoms with Gasteiger partial charge in [-0.25, -0.2) is 4.79 Å². The van der Waals surface area contributed by atoms with Crippen LogP contribution in [0.2, 0.25) is 0 Å². The Morgan fingerprint density at radius 3 is 2.24 bits per heavy atom. The van der Waals surface area contributed by atoms with E-state index in [1.807, 2.05) is 0 Å². The lowest BCUT2D eigenvalue weighted by Gasteiger charge is -2.11. The number of esters is 1. The third-order valence-corrected chi connectivity index (χ3v) is 2.85. The van der Waals surface area contributed by atoms with Gasteiger partial charge in [0.2, 0.25) is 5.70 Å². The van der Waals surface area contributed by atoms with Gasteiger partial charge in [0.05, 0.1) is 13.2 Å². The number of halogens is 1. The molecule has 0 fully saturated rings. The molecule has 0 bridgehead atoms. The molecule has 7 heteroatoms. The van der Waals surface area contributed by atoms with E-state index >= 15 is 0 Å². The Morgan fingerprint density at radius 2 is 1.71 bits per heavy atom. The van der Waals surface area contributed by atoms with E-state index in [-0.39, 0.29) is 13.2 Å². The Hall–Kier alpha value is -2.02. The number of aliphatic hydroxyl groups excluding tert-OH is 1. The fourth-order valence-corrected chi connectivity index (χ4v) is 1.66. The van der Waals surface area contributed by atoms with Crippen LogP contribution < -0.4 is 5.32 Å². The molecule has 6 nitrogen and oxygen atoms in total. The number of ether oxygens (including phenoxy) is 2. The standard InChI is InChI=1S/C14H16BrNO5/c1-3-20-13(18)11(14(19)21-4-2)16-12(17)9-5-7-10(15)8-6-9/h5-8,18H,3-4H2,1-2H3,(H,16,17)/b13-11-. The molecule has 0 aliphatic rings. The molecule has 0 aliphatic heterocycles. The summed E-state index contributed by atoms with van der Waals surface area (Å²) in [5.74, 6) is -2.10. The molecule has 0 saturated carbocycles. The van der Waals surface area contributed by atoms with E-state index in [0.29, 0.717) is 5.56 Å². The second-order valence-electron chi connectivity index (χ2n) is 3.79. The van der Waals surface area contributed by atoms with Crippen molar-refractivity contribution in [2.45, 2.75) is 13.8 Å². The average molecular weight is 358 g/mol. The summed E-state index contributed by atoms with van der Waals surface area (Å²) in [5.41, 5.74) is -0.101. The summed E-state index contributed by atoms with van der Waals surface area (Å²) in [4.78, 5) is 23.8. The largest absolute Gasteiger partial charge is 0.479 e. The average Bonchev–Trinajstić information content (AvgIpc) is 2.45. The van der Waals surface area contributed by atoms with Crippen molar-refractivity contribution in [3.63, 3.8) is 0 Å². The third-order valence-electron chi connectivity index (χ3n) is 2.32. The second-order valence-corrected chi connectivity index (χ2v) is 4.71. The predicted octanol–water partition coefficient (Wildman–Crippen LogP) is 2.51. The molecule has 21 heavy (non-hydrogen) atoms. The number of rotatable bonds is 6. The lowest BCUT2D eigenvalue weighted by Crippen LogP contribution is -2.30. The Morgan fingerprint density at radius 1 is 1.14 bits per heavy atom. The number of aliphatic hydroxyl groups is 1. The van der Waals surface area contributed by atoms with E-state index in [2.05, 4.69) is 21.2 Å². The lowest BCUT2D eigenvalue weighted by atomic mass is 10.2. The van der Waals surface area contributed by atoms with Crippen LogP contribution in [0.15, 0.2) is 40.4 Å². The fraction of sp³-hybridized carbons (Fsp3) is 0.286. The number of carbonyl (C=O) groups is 2. The van der Waals surface area contributed by atoms with E-state index in [1.165, 1.54) is 0 Å². The maximum Gasteiger partial charge on any atom is 0.362 e. The highest BCUT2D eigenvalue weighted by Crippen LogP contribution is 2.11. The van der Waals surface area contributed by atoms with Crippen molar-refractivity contribution in [3.8, 4) is 0 Å². The van der Waals surface area contributed by atoms with Crippen molar-refractivity contribution in [2.75, 3.05) is 13.2 Å². The maximum atomic E-state index is 12.0. The third kappa shape index (κ3) is 5.11. The van der Waals surface area contributed by atoms with Crippen LogP contribution in [0.4, 0.5) is 0 Å². The summed E-state index contributed by atoms with van der Waals surface area (Å²) in [7, 11) is 0. The van der Waals surface area contributed by atoms with Gasteiger partial charge in [-0.1, -0.05) is 15.9 Å². The van der Waals surface area contributed by atoms with Gasteiger partial charge in [0, 0.05) is 10.0 Å². The topological polar surface area (TPSA) is 84.9 Å².